The fraction of sp³-hybridized carbons (Fsp3) is 0.636. The number of nitrogens with zero attached hydrogens (tertiary/aromatic N) is 3. The molecule has 1 atom stereocenters. The molecule has 0 bridgehead atoms. The zero-order chi connectivity index (χ0) is 13.7. The fourth-order valence-corrected chi connectivity index (χ4v) is 1.90. The van der Waals surface area contributed by atoms with E-state index in [2.05, 4.69) is 15.6 Å². The van der Waals surface area contributed by atoms with Gasteiger partial charge in [-0.2, -0.15) is 0 Å². The number of hydrogen-bond acceptors (Lipinski definition) is 5. The number of ether oxygens (including phenoxy) is 1. The van der Waals surface area contributed by atoms with E-state index in [1.807, 2.05) is 0 Å². The summed E-state index contributed by atoms with van der Waals surface area (Å²) in [5.74, 6) is -1.03. The first-order chi connectivity index (χ1) is 9.15. The maximum Gasteiger partial charge on any atom is 0.358 e. The first kappa shape index (κ1) is 13.5. The van der Waals surface area contributed by atoms with Crippen molar-refractivity contribution in [1.82, 2.24) is 20.3 Å². The van der Waals surface area contributed by atoms with Crippen LogP contribution in [0.25, 0.3) is 0 Å². The summed E-state index contributed by atoms with van der Waals surface area (Å²) in [6.07, 6.45) is 3.30. The Balaban J connectivity index is 1.75. The van der Waals surface area contributed by atoms with Crippen molar-refractivity contribution in [3.63, 3.8) is 0 Å². The Bertz CT molecular complexity index is 453. The Labute approximate surface area is 109 Å². The highest BCUT2D eigenvalue weighted by Crippen LogP contribution is 2.11. The topological polar surface area (TPSA) is 106 Å². The number of carbonyl (C=O) groups is 2. The molecule has 0 saturated carbocycles. The molecule has 0 radical (unpaired) electrons. The summed E-state index contributed by atoms with van der Waals surface area (Å²) in [6, 6.07) is 0. The lowest BCUT2D eigenvalue weighted by Crippen LogP contribution is -2.35. The summed E-state index contributed by atoms with van der Waals surface area (Å²) < 4.78 is 6.52. The van der Waals surface area contributed by atoms with Crippen LogP contribution in [0.1, 0.15) is 23.3 Å². The second-order valence-corrected chi connectivity index (χ2v) is 4.49. The molecule has 0 aliphatic carbocycles. The Hall–Kier alpha value is -1.96. The standard InChI is InChI=1S/C11H16N4O4/c16-10(12-4-8-2-1-3-19-7-8)6-15-5-9(11(17)18)13-14-15/h5,8H,1-4,6-7H2,(H,12,16)(H,17,18). The van der Waals surface area contributed by atoms with Gasteiger partial charge >= 0.3 is 5.97 Å². The van der Waals surface area contributed by atoms with Crippen molar-refractivity contribution < 1.29 is 19.4 Å². The number of carboxylic acid groups (broad SMARTS) is 1. The average Bonchev–Trinajstić information content (AvgIpc) is 2.86. The third kappa shape index (κ3) is 4.02. The Morgan fingerprint density at radius 2 is 2.42 bits per heavy atom. The van der Waals surface area contributed by atoms with Gasteiger partial charge in [-0.3, -0.25) is 4.79 Å². The van der Waals surface area contributed by atoms with Crippen LogP contribution in [0.3, 0.4) is 0 Å². The minimum absolute atomic E-state index is 0.0339. The van der Waals surface area contributed by atoms with E-state index in [0.29, 0.717) is 19.1 Å². The Morgan fingerprint density at radius 1 is 1.58 bits per heavy atom. The largest absolute Gasteiger partial charge is 0.476 e. The number of hydrogen-bond donors (Lipinski definition) is 2. The fourth-order valence-electron chi connectivity index (χ4n) is 1.90. The van der Waals surface area contributed by atoms with Gasteiger partial charge in [0.2, 0.25) is 5.91 Å². The molecular weight excluding hydrogens is 252 g/mol. The van der Waals surface area contributed by atoms with Crippen molar-refractivity contribution in [2.75, 3.05) is 19.8 Å². The predicted molar refractivity (Wildman–Crippen MR) is 63.5 cm³/mol. The quantitative estimate of drug-likeness (QED) is 0.747. The van der Waals surface area contributed by atoms with Crippen molar-refractivity contribution in [3.8, 4) is 0 Å². The second kappa shape index (κ2) is 6.28. The van der Waals surface area contributed by atoms with E-state index in [1.165, 1.54) is 10.9 Å². The third-order valence-electron chi connectivity index (χ3n) is 2.91. The van der Waals surface area contributed by atoms with Gasteiger partial charge in [0.05, 0.1) is 12.8 Å². The lowest BCUT2D eigenvalue weighted by atomic mass is 10.0. The van der Waals surface area contributed by atoms with Gasteiger partial charge in [0.15, 0.2) is 5.69 Å². The van der Waals surface area contributed by atoms with Gasteiger partial charge in [-0.25, -0.2) is 9.48 Å². The van der Waals surface area contributed by atoms with Crippen LogP contribution >= 0.6 is 0 Å². The van der Waals surface area contributed by atoms with Crippen LogP contribution < -0.4 is 5.32 Å². The van der Waals surface area contributed by atoms with Gasteiger partial charge in [0.1, 0.15) is 6.54 Å². The lowest BCUT2D eigenvalue weighted by Gasteiger charge is -2.22. The molecule has 2 heterocycles. The van der Waals surface area contributed by atoms with Crippen molar-refractivity contribution >= 4 is 11.9 Å². The molecule has 19 heavy (non-hydrogen) atoms. The highest BCUT2D eigenvalue weighted by Gasteiger charge is 2.15. The van der Waals surface area contributed by atoms with Crippen LogP contribution in [0.2, 0.25) is 0 Å². The molecule has 0 aromatic carbocycles. The van der Waals surface area contributed by atoms with E-state index in [4.69, 9.17) is 9.84 Å². The number of nitrogens with one attached hydrogen (secondary N) is 1. The van der Waals surface area contributed by atoms with Crippen molar-refractivity contribution in [1.29, 1.82) is 0 Å². The molecule has 1 saturated heterocycles. The van der Waals surface area contributed by atoms with Gasteiger partial charge in [0, 0.05) is 13.2 Å². The first-order valence-corrected chi connectivity index (χ1v) is 6.13. The molecule has 1 aliphatic rings. The first-order valence-electron chi connectivity index (χ1n) is 6.13. The molecule has 1 unspecified atom stereocenters. The van der Waals surface area contributed by atoms with Gasteiger partial charge < -0.3 is 15.2 Å². The minimum atomic E-state index is -1.16. The molecular formula is C11H16N4O4. The number of carbonyl (C=O) groups excluding carboxylic acids is 1. The molecule has 104 valence electrons. The molecule has 1 fully saturated rings. The van der Waals surface area contributed by atoms with Crippen LogP contribution in [0.5, 0.6) is 0 Å². The molecule has 1 aromatic heterocycles. The third-order valence-corrected chi connectivity index (χ3v) is 2.91. The smallest absolute Gasteiger partial charge is 0.358 e. The zero-order valence-electron chi connectivity index (χ0n) is 10.4. The summed E-state index contributed by atoms with van der Waals surface area (Å²) in [4.78, 5) is 22.2. The van der Waals surface area contributed by atoms with Crippen LogP contribution in [0.4, 0.5) is 0 Å². The summed E-state index contributed by atoms with van der Waals surface area (Å²) in [7, 11) is 0. The lowest BCUT2D eigenvalue weighted by molar-refractivity contribution is -0.122. The number of aromatic carboxylic acids is 1. The van der Waals surface area contributed by atoms with E-state index in [9.17, 15) is 9.59 Å². The zero-order valence-corrected chi connectivity index (χ0v) is 10.4. The molecule has 1 aliphatic heterocycles. The van der Waals surface area contributed by atoms with Crippen molar-refractivity contribution in [3.05, 3.63) is 11.9 Å². The van der Waals surface area contributed by atoms with Crippen LogP contribution in [-0.4, -0.2) is 51.7 Å². The highest BCUT2D eigenvalue weighted by molar-refractivity contribution is 5.84. The van der Waals surface area contributed by atoms with Gasteiger partial charge in [-0.05, 0) is 18.8 Å². The Kier molecular flexibility index (Phi) is 4.45. The average molecular weight is 268 g/mol. The van der Waals surface area contributed by atoms with E-state index >= 15 is 0 Å². The second-order valence-electron chi connectivity index (χ2n) is 4.49. The van der Waals surface area contributed by atoms with E-state index < -0.39 is 5.97 Å². The molecule has 1 amide bonds. The molecule has 2 N–H and O–H groups in total. The Morgan fingerprint density at radius 3 is 3.05 bits per heavy atom. The number of carboxylic acids is 1. The molecule has 2 rings (SSSR count). The summed E-state index contributed by atoms with van der Waals surface area (Å²) in [5, 5.41) is 18.5. The van der Waals surface area contributed by atoms with Crippen LogP contribution in [0.15, 0.2) is 6.20 Å². The maximum atomic E-state index is 11.6. The molecule has 8 heteroatoms. The van der Waals surface area contributed by atoms with Gasteiger partial charge in [0.25, 0.3) is 0 Å². The number of aromatic nitrogens is 3. The highest BCUT2D eigenvalue weighted by atomic mass is 16.5. The summed E-state index contributed by atoms with van der Waals surface area (Å²) >= 11 is 0. The summed E-state index contributed by atoms with van der Waals surface area (Å²) in [6.45, 7) is 2.00. The van der Waals surface area contributed by atoms with Gasteiger partial charge in [-0.15, -0.1) is 5.10 Å². The predicted octanol–water partition coefficient (Wildman–Crippen LogP) is -0.481. The monoisotopic (exact) mass is 268 g/mol. The minimum Gasteiger partial charge on any atom is -0.476 e. The van der Waals surface area contributed by atoms with Crippen molar-refractivity contribution in [2.45, 2.75) is 19.4 Å². The van der Waals surface area contributed by atoms with E-state index in [-0.39, 0.29) is 18.1 Å². The van der Waals surface area contributed by atoms with Crippen LogP contribution in [-0.2, 0) is 16.1 Å². The van der Waals surface area contributed by atoms with E-state index in [1.54, 1.807) is 0 Å². The molecule has 8 nitrogen and oxygen atoms in total. The molecule has 0 spiro atoms. The number of rotatable bonds is 5. The molecule has 1 aromatic rings. The normalized spacial score (nSPS) is 19.1. The number of amides is 1. The van der Waals surface area contributed by atoms with Crippen LogP contribution in [0, 0.1) is 5.92 Å². The summed E-state index contributed by atoms with van der Waals surface area (Å²) in [5.41, 5.74) is -0.173. The van der Waals surface area contributed by atoms with Crippen molar-refractivity contribution in [2.24, 2.45) is 5.92 Å². The van der Waals surface area contributed by atoms with Gasteiger partial charge in [-0.1, -0.05) is 5.21 Å². The maximum absolute atomic E-state index is 11.6. The van der Waals surface area contributed by atoms with E-state index in [0.717, 1.165) is 19.4 Å². The SMILES string of the molecule is O=C(Cn1cc(C(=O)O)nn1)NCC1CCCOC1.